The van der Waals surface area contributed by atoms with Crippen molar-refractivity contribution in [1.82, 2.24) is 15.9 Å². The Morgan fingerprint density at radius 1 is 1.50 bits per heavy atom. The Morgan fingerprint density at radius 3 is 2.86 bits per heavy atom. The van der Waals surface area contributed by atoms with Crippen LogP contribution in [0.3, 0.4) is 0 Å². The molecule has 2 unspecified atom stereocenters. The summed E-state index contributed by atoms with van der Waals surface area (Å²) in [5, 5.41) is 4.33. The summed E-state index contributed by atoms with van der Waals surface area (Å²) in [4.78, 5) is 14.5. The molecule has 2 atom stereocenters. The average molecular weight is 315 g/mol. The number of rotatable bonds is 2. The molecule has 0 aromatic rings. The van der Waals surface area contributed by atoms with Crippen LogP contribution in [-0.4, -0.2) is 35.7 Å². The first-order chi connectivity index (χ1) is 10.4. The van der Waals surface area contributed by atoms with E-state index in [1.807, 2.05) is 5.43 Å². The number of carbonyl (C=O) groups is 1. The molecule has 3 aliphatic rings. The van der Waals surface area contributed by atoms with E-state index in [9.17, 15) is 13.6 Å². The maximum absolute atomic E-state index is 15.2. The number of methoxy groups -OCH3 is 1. The molecule has 7 nitrogen and oxygen atoms in total. The molecule has 0 fully saturated rings. The number of carbonyl (C=O) groups excluding carboxylic acids is 1. The Kier molecular flexibility index (Phi) is 3.11. The molecule has 0 saturated heterocycles. The highest BCUT2D eigenvalue weighted by atomic mass is 19.2. The van der Waals surface area contributed by atoms with Crippen LogP contribution >= 0.6 is 0 Å². The summed E-state index contributed by atoms with van der Waals surface area (Å²) in [6.45, 7) is 1.59. The minimum atomic E-state index is -2.89. The number of ether oxygens (including phenoxy) is 1. The maximum Gasteiger partial charge on any atom is 0.332 e. The molecule has 2 N–H and O–H groups in total. The molecule has 3 rings (SSSR count). The first-order valence-electron chi connectivity index (χ1n) is 6.40. The van der Waals surface area contributed by atoms with Crippen LogP contribution in [0.25, 0.3) is 0 Å². The lowest BCUT2D eigenvalue weighted by atomic mass is 9.89. The van der Waals surface area contributed by atoms with Crippen LogP contribution in [0.5, 0.6) is 0 Å². The van der Waals surface area contributed by atoms with Gasteiger partial charge in [0.05, 0.1) is 18.4 Å². The van der Waals surface area contributed by atoms with Gasteiger partial charge in [-0.05, 0) is 0 Å². The predicted octanol–water partition coefficient (Wildman–Crippen LogP) is 0.992. The number of alkyl halides is 1. The zero-order valence-corrected chi connectivity index (χ0v) is 11.7. The monoisotopic (exact) mass is 315 g/mol. The second-order valence-corrected chi connectivity index (χ2v) is 4.98. The van der Waals surface area contributed by atoms with Crippen LogP contribution in [0.2, 0.25) is 0 Å². The molecule has 0 spiro atoms. The topological polar surface area (TPSA) is 78.3 Å². The highest BCUT2D eigenvalue weighted by Crippen LogP contribution is 2.42. The lowest BCUT2D eigenvalue weighted by Crippen LogP contribution is -2.52. The lowest BCUT2D eigenvalue weighted by molar-refractivity contribution is -0.121. The molecule has 0 aliphatic carbocycles. The molecule has 0 bridgehead atoms. The van der Waals surface area contributed by atoms with E-state index >= 15 is 4.39 Å². The first kappa shape index (κ1) is 14.4. The highest BCUT2D eigenvalue weighted by molar-refractivity contribution is 6.07. The van der Waals surface area contributed by atoms with Crippen molar-refractivity contribution >= 4 is 17.7 Å². The normalized spacial score (nSPS) is 31.0. The number of nitrogens with one attached hydrogen (secondary N) is 2. The third-order valence-corrected chi connectivity index (χ3v) is 3.50. The molecule has 22 heavy (non-hydrogen) atoms. The fourth-order valence-electron chi connectivity index (χ4n) is 2.53. The fraction of sp³-hybridized carbons (Fsp3) is 0.417. The Labute approximate surface area is 123 Å². The number of aliphatic imine (C=N–C) groups is 1. The van der Waals surface area contributed by atoms with Crippen LogP contribution in [0, 0.1) is 5.92 Å². The number of hydrogen-bond donors (Lipinski definition) is 2. The van der Waals surface area contributed by atoms with Gasteiger partial charge in [0, 0.05) is 18.4 Å². The number of hydrogen-bond acceptors (Lipinski definition) is 6. The molecule has 1 amide bonds. The zero-order chi connectivity index (χ0) is 16.1. The lowest BCUT2D eigenvalue weighted by Gasteiger charge is -2.36. The largest absolute Gasteiger partial charge is 0.481 e. The molecule has 118 valence electrons. The Bertz CT molecular complexity index is 672. The van der Waals surface area contributed by atoms with Gasteiger partial charge in [-0.2, -0.15) is 23.9 Å². The quantitative estimate of drug-likeness (QED) is 0.745. The first-order valence-corrected chi connectivity index (χ1v) is 6.40. The fourth-order valence-corrected chi connectivity index (χ4v) is 2.53. The molecule has 0 aromatic carbocycles. The molecule has 0 saturated carbocycles. The summed E-state index contributed by atoms with van der Waals surface area (Å²) in [6, 6.07) is 0. The third-order valence-electron chi connectivity index (χ3n) is 3.50. The van der Waals surface area contributed by atoms with E-state index in [1.165, 1.54) is 7.11 Å². The number of amidine groups is 1. The number of amides is 1. The number of hydrazine groups is 1. The molecular formula is C12H12F3N5O2. The highest BCUT2D eigenvalue weighted by Gasteiger charge is 2.55. The Hall–Kier alpha value is -2.52. The van der Waals surface area contributed by atoms with Gasteiger partial charge in [-0.3, -0.25) is 10.2 Å². The summed E-state index contributed by atoms with van der Waals surface area (Å²) < 4.78 is 47.9. The SMILES string of the molecule is COC1=CC(F)=C(C2=NNC(=O)CC2C)C2(F)N=C(F)NN12. The Balaban J connectivity index is 2.15. The molecule has 3 aliphatic heterocycles. The van der Waals surface area contributed by atoms with Gasteiger partial charge in [0.1, 0.15) is 5.83 Å². The summed E-state index contributed by atoms with van der Waals surface area (Å²) in [5.41, 5.74) is 3.56. The minimum Gasteiger partial charge on any atom is -0.481 e. The zero-order valence-electron chi connectivity index (χ0n) is 11.7. The van der Waals surface area contributed by atoms with E-state index in [4.69, 9.17) is 4.74 Å². The van der Waals surface area contributed by atoms with Crippen LogP contribution in [0.4, 0.5) is 13.2 Å². The number of hydrazone groups is 1. The van der Waals surface area contributed by atoms with Crippen LogP contribution in [-0.2, 0) is 9.53 Å². The number of allylic oxidation sites excluding steroid dienone is 2. The van der Waals surface area contributed by atoms with E-state index in [-0.39, 0.29) is 23.9 Å². The summed E-state index contributed by atoms with van der Waals surface area (Å²) in [7, 11) is 1.18. The van der Waals surface area contributed by atoms with Crippen molar-refractivity contribution in [2.24, 2.45) is 16.0 Å². The number of halogens is 3. The Morgan fingerprint density at radius 2 is 2.23 bits per heavy atom. The van der Waals surface area contributed by atoms with Crippen molar-refractivity contribution in [2.45, 2.75) is 19.3 Å². The van der Waals surface area contributed by atoms with Gasteiger partial charge in [0.2, 0.25) is 11.8 Å². The van der Waals surface area contributed by atoms with E-state index in [0.29, 0.717) is 5.01 Å². The van der Waals surface area contributed by atoms with Crippen molar-refractivity contribution in [3.8, 4) is 0 Å². The maximum atomic E-state index is 15.2. The molecular weight excluding hydrogens is 303 g/mol. The van der Waals surface area contributed by atoms with E-state index in [1.54, 1.807) is 6.92 Å². The van der Waals surface area contributed by atoms with E-state index in [0.717, 1.165) is 6.08 Å². The van der Waals surface area contributed by atoms with Gasteiger partial charge in [0.25, 0.3) is 0 Å². The molecule has 0 aromatic heterocycles. The summed E-state index contributed by atoms with van der Waals surface area (Å²) in [5.74, 6) is -5.10. The van der Waals surface area contributed by atoms with E-state index in [2.05, 4.69) is 15.5 Å². The number of fused-ring (bicyclic) bond motifs is 1. The van der Waals surface area contributed by atoms with E-state index < -0.39 is 29.3 Å². The van der Waals surface area contributed by atoms with Gasteiger partial charge < -0.3 is 4.74 Å². The standard InChI is InChI=1S/C12H12F3N5O2/c1-5-3-7(21)17-18-10(5)9-6(13)4-8(22-2)20-12(9,15)16-11(14)19-20/h4-5H,3H2,1-2H3,(H,16,19)(H,17,21). The summed E-state index contributed by atoms with van der Waals surface area (Å²) >= 11 is 0. The van der Waals surface area contributed by atoms with Gasteiger partial charge >= 0.3 is 12.0 Å². The van der Waals surface area contributed by atoms with Gasteiger partial charge in [-0.15, -0.1) is 0 Å². The second kappa shape index (κ2) is 4.75. The van der Waals surface area contributed by atoms with Crippen LogP contribution in [0.15, 0.2) is 33.5 Å². The third kappa shape index (κ3) is 1.94. The van der Waals surface area contributed by atoms with Crippen LogP contribution < -0.4 is 10.9 Å². The smallest absolute Gasteiger partial charge is 0.332 e. The molecule has 0 radical (unpaired) electrons. The molecule has 10 heteroatoms. The van der Waals surface area contributed by atoms with Gasteiger partial charge in [-0.1, -0.05) is 6.92 Å². The second-order valence-electron chi connectivity index (χ2n) is 4.98. The summed E-state index contributed by atoms with van der Waals surface area (Å²) in [6.07, 6.45) is -0.336. The average Bonchev–Trinajstić information content (AvgIpc) is 2.74. The van der Waals surface area contributed by atoms with Gasteiger partial charge in [-0.25, -0.2) is 9.82 Å². The van der Waals surface area contributed by atoms with Crippen molar-refractivity contribution in [1.29, 1.82) is 0 Å². The van der Waals surface area contributed by atoms with Gasteiger partial charge in [0.15, 0.2) is 0 Å². The minimum absolute atomic E-state index is 0.00612. The van der Waals surface area contributed by atoms with Crippen molar-refractivity contribution < 1.29 is 22.7 Å². The van der Waals surface area contributed by atoms with Crippen LogP contribution in [0.1, 0.15) is 13.3 Å². The number of nitrogens with zero attached hydrogens (tertiary/aromatic N) is 3. The van der Waals surface area contributed by atoms with Crippen molar-refractivity contribution in [2.75, 3.05) is 7.11 Å². The van der Waals surface area contributed by atoms with Crippen molar-refractivity contribution in [3.63, 3.8) is 0 Å². The van der Waals surface area contributed by atoms with Crippen molar-refractivity contribution in [3.05, 3.63) is 23.4 Å². The molecule has 3 heterocycles. The predicted molar refractivity (Wildman–Crippen MR) is 69.9 cm³/mol.